The fraction of sp³-hybridized carbons (Fsp3) is 0.571. The number of piperazine rings is 1. The number of likely N-dealkylation sites (N-methyl/N-ethyl adjacent to an activating group) is 1. The molecule has 2 aromatic rings. The van der Waals surface area contributed by atoms with Gasteiger partial charge in [0.05, 0.1) is 30.1 Å². The number of rotatable bonds is 10. The lowest BCUT2D eigenvalue weighted by Gasteiger charge is -2.35. The monoisotopic (exact) mass is 480 g/mol. The summed E-state index contributed by atoms with van der Waals surface area (Å²) in [5.41, 5.74) is 2.63. The van der Waals surface area contributed by atoms with Gasteiger partial charge in [0.2, 0.25) is 0 Å². The van der Waals surface area contributed by atoms with Crippen LogP contribution in [-0.2, 0) is 20.7 Å². The molecule has 4 rings (SSSR count). The van der Waals surface area contributed by atoms with Crippen molar-refractivity contribution in [3.8, 4) is 5.75 Å². The summed E-state index contributed by atoms with van der Waals surface area (Å²) in [6.07, 6.45) is 1.91. The number of nitrogens with zero attached hydrogens (tertiary/aromatic N) is 2. The fourth-order valence-electron chi connectivity index (χ4n) is 4.33. The molecule has 0 N–H and O–H groups in total. The van der Waals surface area contributed by atoms with Crippen LogP contribution >= 0.6 is 0 Å². The van der Waals surface area contributed by atoms with E-state index in [1.807, 2.05) is 18.2 Å². The van der Waals surface area contributed by atoms with Crippen LogP contribution in [0.2, 0.25) is 0 Å². The highest BCUT2D eigenvalue weighted by Crippen LogP contribution is 2.37. The minimum absolute atomic E-state index is 0.367. The molecule has 2 aromatic carbocycles. The van der Waals surface area contributed by atoms with Crippen LogP contribution in [0.25, 0.3) is 0 Å². The first-order valence-electron chi connectivity index (χ1n) is 12.9. The van der Waals surface area contributed by atoms with Gasteiger partial charge in [0.15, 0.2) is 0 Å². The molecule has 0 amide bonds. The van der Waals surface area contributed by atoms with Gasteiger partial charge in [-0.05, 0) is 70.7 Å². The third-order valence-electron chi connectivity index (χ3n) is 7.41. The predicted molar refractivity (Wildman–Crippen MR) is 143 cm³/mol. The van der Waals surface area contributed by atoms with Crippen LogP contribution in [0.3, 0.4) is 0 Å². The fourth-order valence-corrected chi connectivity index (χ4v) is 4.33. The molecule has 0 aromatic heterocycles. The predicted octanol–water partition coefficient (Wildman–Crippen LogP) is 4.11. The van der Waals surface area contributed by atoms with Crippen molar-refractivity contribution in [1.29, 1.82) is 0 Å². The molecule has 0 atom stereocenters. The van der Waals surface area contributed by atoms with Gasteiger partial charge in [-0.15, -0.1) is 0 Å². The highest BCUT2D eigenvalue weighted by molar-refractivity contribution is 6.62. The molecule has 6 nitrogen and oxygen atoms in total. The molecular formula is C28H41BN2O4. The van der Waals surface area contributed by atoms with Gasteiger partial charge in [-0.3, -0.25) is 0 Å². The minimum Gasteiger partial charge on any atom is -0.491 e. The molecule has 2 saturated heterocycles. The lowest BCUT2D eigenvalue weighted by Crippen LogP contribution is -2.44. The van der Waals surface area contributed by atoms with Gasteiger partial charge in [-0.2, -0.15) is 0 Å². The van der Waals surface area contributed by atoms with E-state index < -0.39 is 7.12 Å². The number of anilines is 1. The van der Waals surface area contributed by atoms with Gasteiger partial charge >= 0.3 is 7.12 Å². The van der Waals surface area contributed by atoms with Crippen molar-refractivity contribution in [2.75, 3.05) is 51.3 Å². The zero-order valence-corrected chi connectivity index (χ0v) is 22.1. The summed E-state index contributed by atoms with van der Waals surface area (Å²) in [4.78, 5) is 4.79. The van der Waals surface area contributed by atoms with Crippen molar-refractivity contribution >= 4 is 18.3 Å². The maximum Gasteiger partial charge on any atom is 0.494 e. The molecule has 2 fully saturated rings. The van der Waals surface area contributed by atoms with E-state index in [9.17, 15) is 0 Å². The van der Waals surface area contributed by atoms with Gasteiger partial charge in [0.25, 0.3) is 0 Å². The van der Waals surface area contributed by atoms with E-state index in [-0.39, 0.29) is 11.2 Å². The molecule has 2 aliphatic rings. The van der Waals surface area contributed by atoms with Crippen LogP contribution in [0.4, 0.5) is 5.69 Å². The first-order valence-corrected chi connectivity index (χ1v) is 12.9. The SMILES string of the molecule is CN1CCN(c2ccc(B3OC(C)(C)C(C)(C)O3)cc2OCCCCOCc2ccccc2)CC1. The zero-order valence-electron chi connectivity index (χ0n) is 22.1. The molecule has 2 aliphatic heterocycles. The molecule has 2 heterocycles. The summed E-state index contributed by atoms with van der Waals surface area (Å²) in [7, 11) is 1.78. The smallest absolute Gasteiger partial charge is 0.491 e. The normalized spacial score (nSPS) is 19.8. The molecule has 0 aliphatic carbocycles. The van der Waals surface area contributed by atoms with Crippen LogP contribution in [0.5, 0.6) is 5.75 Å². The summed E-state index contributed by atoms with van der Waals surface area (Å²) >= 11 is 0. The quantitative estimate of drug-likeness (QED) is 0.377. The molecule has 0 radical (unpaired) electrons. The molecule has 0 saturated carbocycles. The van der Waals surface area contributed by atoms with E-state index in [0.717, 1.165) is 62.5 Å². The van der Waals surface area contributed by atoms with Gasteiger partial charge in [-0.1, -0.05) is 36.4 Å². The summed E-state index contributed by atoms with van der Waals surface area (Å²) in [6.45, 7) is 14.5. The van der Waals surface area contributed by atoms with Crippen LogP contribution in [0, 0.1) is 0 Å². The second-order valence-corrected chi connectivity index (χ2v) is 10.7. The van der Waals surface area contributed by atoms with Crippen LogP contribution in [-0.4, -0.2) is 69.7 Å². The average molecular weight is 480 g/mol. The zero-order chi connectivity index (χ0) is 24.9. The van der Waals surface area contributed by atoms with Crippen LogP contribution in [0.1, 0.15) is 46.1 Å². The van der Waals surface area contributed by atoms with Crippen LogP contribution in [0.15, 0.2) is 48.5 Å². The number of hydrogen-bond donors (Lipinski definition) is 0. The topological polar surface area (TPSA) is 43.4 Å². The van der Waals surface area contributed by atoms with E-state index in [4.69, 9.17) is 18.8 Å². The van der Waals surface area contributed by atoms with Gasteiger partial charge in [0.1, 0.15) is 5.75 Å². The van der Waals surface area contributed by atoms with E-state index in [1.165, 1.54) is 5.56 Å². The Labute approximate surface area is 211 Å². The Balaban J connectivity index is 1.36. The van der Waals surface area contributed by atoms with Crippen molar-refractivity contribution in [1.82, 2.24) is 4.90 Å². The molecule has 0 spiro atoms. The van der Waals surface area contributed by atoms with Crippen LogP contribution < -0.4 is 15.1 Å². The number of hydrogen-bond acceptors (Lipinski definition) is 6. The van der Waals surface area contributed by atoms with E-state index >= 15 is 0 Å². The van der Waals surface area contributed by atoms with Gasteiger partial charge in [0, 0.05) is 32.8 Å². The number of ether oxygens (including phenoxy) is 2. The Kier molecular flexibility index (Phi) is 8.43. The second-order valence-electron chi connectivity index (χ2n) is 10.7. The van der Waals surface area contributed by atoms with Crippen molar-refractivity contribution < 1.29 is 18.8 Å². The summed E-state index contributed by atoms with van der Waals surface area (Å²) < 4.78 is 24.8. The highest BCUT2D eigenvalue weighted by atomic mass is 16.7. The largest absolute Gasteiger partial charge is 0.494 e. The Bertz CT molecular complexity index is 929. The van der Waals surface area contributed by atoms with Gasteiger partial charge < -0.3 is 28.6 Å². The standard InChI is InChI=1S/C28H41BN2O4/c1-27(2)28(3,4)35-29(34-27)24-13-14-25(31-17-15-30(5)16-18-31)26(21-24)33-20-10-9-19-32-22-23-11-7-6-8-12-23/h6-8,11-14,21H,9-10,15-20,22H2,1-5H3. The molecule has 7 heteroatoms. The van der Waals surface area contributed by atoms with Crippen molar-refractivity contribution in [2.24, 2.45) is 0 Å². The Morgan fingerprint density at radius 3 is 2.20 bits per heavy atom. The Hall–Kier alpha value is -2.06. The third kappa shape index (κ3) is 6.59. The van der Waals surface area contributed by atoms with Gasteiger partial charge in [-0.25, -0.2) is 0 Å². The Morgan fingerprint density at radius 2 is 1.51 bits per heavy atom. The highest BCUT2D eigenvalue weighted by Gasteiger charge is 2.51. The average Bonchev–Trinajstić information content (AvgIpc) is 3.06. The lowest BCUT2D eigenvalue weighted by molar-refractivity contribution is 0.00578. The third-order valence-corrected chi connectivity index (χ3v) is 7.41. The van der Waals surface area contributed by atoms with Crippen molar-refractivity contribution in [3.05, 3.63) is 54.1 Å². The lowest BCUT2D eigenvalue weighted by atomic mass is 9.79. The van der Waals surface area contributed by atoms with E-state index in [0.29, 0.717) is 13.2 Å². The first kappa shape index (κ1) is 26.0. The molecule has 190 valence electrons. The maximum atomic E-state index is 6.36. The molecular weight excluding hydrogens is 439 g/mol. The maximum absolute atomic E-state index is 6.36. The summed E-state index contributed by atoms with van der Waals surface area (Å²) in [5, 5.41) is 0. The Morgan fingerprint density at radius 1 is 0.857 bits per heavy atom. The molecule has 35 heavy (non-hydrogen) atoms. The summed E-state index contributed by atoms with van der Waals surface area (Å²) in [6, 6.07) is 16.7. The van der Waals surface area contributed by atoms with Crippen molar-refractivity contribution in [3.63, 3.8) is 0 Å². The van der Waals surface area contributed by atoms with E-state index in [1.54, 1.807) is 0 Å². The second kappa shape index (κ2) is 11.3. The number of unbranched alkanes of at least 4 members (excludes halogenated alkanes) is 1. The van der Waals surface area contributed by atoms with E-state index in [2.05, 4.69) is 74.9 Å². The van der Waals surface area contributed by atoms with Crippen molar-refractivity contribution in [2.45, 2.75) is 58.3 Å². The minimum atomic E-state index is -0.393. The first-order chi connectivity index (χ1) is 16.7. The summed E-state index contributed by atoms with van der Waals surface area (Å²) in [5.74, 6) is 0.909. The number of benzene rings is 2. The molecule has 0 bridgehead atoms. The molecule has 0 unspecified atom stereocenters.